The van der Waals surface area contributed by atoms with Gasteiger partial charge in [0.25, 0.3) is 0 Å². The molecule has 0 bridgehead atoms. The third-order valence-electron chi connectivity index (χ3n) is 4.31. The molecule has 0 aromatic heterocycles. The lowest BCUT2D eigenvalue weighted by Crippen LogP contribution is -2.10. The highest BCUT2D eigenvalue weighted by Gasteiger charge is 2.15. The molecule has 3 aromatic rings. The van der Waals surface area contributed by atoms with Gasteiger partial charge in [0.1, 0.15) is 0 Å². The van der Waals surface area contributed by atoms with Crippen LogP contribution in [0.4, 0.5) is 11.4 Å². The van der Waals surface area contributed by atoms with E-state index in [0.29, 0.717) is 26.2 Å². The molecule has 3 aromatic carbocycles. The Kier molecular flexibility index (Phi) is 6.17. The van der Waals surface area contributed by atoms with Gasteiger partial charge in [0.15, 0.2) is 5.78 Å². The number of halogens is 2. The number of ketones is 1. The summed E-state index contributed by atoms with van der Waals surface area (Å²) < 4.78 is 5.37. The molecule has 0 N–H and O–H groups in total. The lowest BCUT2D eigenvalue weighted by Gasteiger charge is -2.21. The summed E-state index contributed by atoms with van der Waals surface area (Å²) in [5.41, 5.74) is 3.01. The van der Waals surface area contributed by atoms with E-state index in [2.05, 4.69) is 15.9 Å². The maximum atomic E-state index is 12.9. The van der Waals surface area contributed by atoms with Gasteiger partial charge in [0.05, 0.1) is 23.4 Å². The van der Waals surface area contributed by atoms with E-state index in [1.807, 2.05) is 48.3 Å². The van der Waals surface area contributed by atoms with Crippen LogP contribution in [0.25, 0.3) is 0 Å². The van der Waals surface area contributed by atoms with Crippen LogP contribution in [0.3, 0.4) is 0 Å². The molecule has 4 nitrogen and oxygen atoms in total. The van der Waals surface area contributed by atoms with E-state index in [1.54, 1.807) is 24.3 Å². The van der Waals surface area contributed by atoms with E-state index in [-0.39, 0.29) is 5.78 Å². The fourth-order valence-electron chi connectivity index (χ4n) is 2.82. The highest BCUT2D eigenvalue weighted by Crippen LogP contribution is 2.30. The Bertz CT molecular complexity index is 1030. The Labute approximate surface area is 176 Å². The SMILES string of the molecule is COC(=O)c1cc(Br)cc(C(=O)c2ccc(N(C)c3ccccc3Cl)cc2)c1. The molecule has 0 fully saturated rings. The normalized spacial score (nSPS) is 10.4. The summed E-state index contributed by atoms with van der Waals surface area (Å²) in [7, 11) is 3.22. The van der Waals surface area contributed by atoms with E-state index in [1.165, 1.54) is 13.2 Å². The lowest BCUT2D eigenvalue weighted by molar-refractivity contribution is 0.0600. The van der Waals surface area contributed by atoms with E-state index < -0.39 is 5.97 Å². The van der Waals surface area contributed by atoms with Crippen molar-refractivity contribution in [1.29, 1.82) is 0 Å². The first-order valence-corrected chi connectivity index (χ1v) is 9.59. The van der Waals surface area contributed by atoms with Crippen LogP contribution in [0, 0.1) is 0 Å². The van der Waals surface area contributed by atoms with Crippen LogP contribution in [0.2, 0.25) is 5.02 Å². The number of methoxy groups -OCH3 is 1. The maximum Gasteiger partial charge on any atom is 0.337 e. The van der Waals surface area contributed by atoms with Crippen LogP contribution in [-0.2, 0) is 4.74 Å². The molecule has 0 aliphatic carbocycles. The van der Waals surface area contributed by atoms with Crippen molar-refractivity contribution < 1.29 is 14.3 Å². The molecule has 3 rings (SSSR count). The quantitative estimate of drug-likeness (QED) is 0.353. The van der Waals surface area contributed by atoms with Crippen molar-refractivity contribution in [2.24, 2.45) is 0 Å². The van der Waals surface area contributed by atoms with Gasteiger partial charge < -0.3 is 9.64 Å². The first-order valence-electron chi connectivity index (χ1n) is 8.42. The smallest absolute Gasteiger partial charge is 0.337 e. The summed E-state index contributed by atoms with van der Waals surface area (Å²) in [6, 6.07) is 19.6. The Morgan fingerprint density at radius 1 is 0.929 bits per heavy atom. The molecule has 0 amide bonds. The molecule has 6 heteroatoms. The highest BCUT2D eigenvalue weighted by molar-refractivity contribution is 9.10. The van der Waals surface area contributed by atoms with Crippen molar-refractivity contribution >= 4 is 50.7 Å². The average Bonchev–Trinajstić information content (AvgIpc) is 2.72. The number of hydrogen-bond acceptors (Lipinski definition) is 4. The Hall–Kier alpha value is -2.63. The van der Waals surface area contributed by atoms with Crippen molar-refractivity contribution in [3.63, 3.8) is 0 Å². The summed E-state index contributed by atoms with van der Waals surface area (Å²) in [6.07, 6.45) is 0. The highest BCUT2D eigenvalue weighted by atomic mass is 79.9. The summed E-state index contributed by atoms with van der Waals surface area (Å²) in [5, 5.41) is 0.648. The second-order valence-corrected chi connectivity index (χ2v) is 7.43. The predicted octanol–water partition coefficient (Wildman–Crippen LogP) is 5.89. The lowest BCUT2D eigenvalue weighted by atomic mass is 10.0. The number of hydrogen-bond donors (Lipinski definition) is 0. The number of ether oxygens (including phenoxy) is 1. The van der Waals surface area contributed by atoms with Gasteiger partial charge in [0.2, 0.25) is 0 Å². The molecule has 0 saturated heterocycles. The minimum atomic E-state index is -0.493. The molecule has 0 aliphatic heterocycles. The van der Waals surface area contributed by atoms with Gasteiger partial charge in [-0.3, -0.25) is 4.79 Å². The van der Waals surface area contributed by atoms with Crippen LogP contribution in [0.15, 0.2) is 71.2 Å². The van der Waals surface area contributed by atoms with Crippen molar-refractivity contribution in [3.8, 4) is 0 Å². The third kappa shape index (κ3) is 4.26. The summed E-state index contributed by atoms with van der Waals surface area (Å²) >= 11 is 9.60. The zero-order valence-corrected chi connectivity index (χ0v) is 17.6. The summed E-state index contributed by atoms with van der Waals surface area (Å²) in [4.78, 5) is 26.6. The van der Waals surface area contributed by atoms with Gasteiger partial charge in [-0.1, -0.05) is 39.7 Å². The van der Waals surface area contributed by atoms with Gasteiger partial charge in [-0.15, -0.1) is 0 Å². The fourth-order valence-corrected chi connectivity index (χ4v) is 3.58. The third-order valence-corrected chi connectivity index (χ3v) is 5.09. The minimum Gasteiger partial charge on any atom is -0.465 e. The molecule has 0 unspecified atom stereocenters. The molecular formula is C22H17BrClNO3. The number of carbonyl (C=O) groups excluding carboxylic acids is 2. The second kappa shape index (κ2) is 8.59. The van der Waals surface area contributed by atoms with Gasteiger partial charge >= 0.3 is 5.97 Å². The molecule has 0 atom stereocenters. The average molecular weight is 459 g/mol. The zero-order valence-electron chi connectivity index (χ0n) is 15.3. The molecule has 0 aliphatic rings. The van der Waals surface area contributed by atoms with Crippen LogP contribution in [-0.4, -0.2) is 25.9 Å². The first-order chi connectivity index (χ1) is 13.4. The van der Waals surface area contributed by atoms with Gasteiger partial charge in [0, 0.05) is 28.3 Å². The second-order valence-electron chi connectivity index (χ2n) is 6.11. The Morgan fingerprint density at radius 2 is 1.57 bits per heavy atom. The van der Waals surface area contributed by atoms with Gasteiger partial charge in [-0.05, 0) is 54.6 Å². The standard InChI is InChI=1S/C22H17BrClNO3/c1-25(20-6-4-3-5-19(20)24)18-9-7-14(8-10-18)21(26)15-11-16(22(27)28-2)13-17(23)12-15/h3-13H,1-2H3. The van der Waals surface area contributed by atoms with Crippen LogP contribution in [0.1, 0.15) is 26.3 Å². The first kappa shape index (κ1) is 20.1. The molecule has 142 valence electrons. The fraction of sp³-hybridized carbons (Fsp3) is 0.0909. The summed E-state index contributed by atoms with van der Waals surface area (Å²) in [6.45, 7) is 0. The van der Waals surface area contributed by atoms with E-state index in [4.69, 9.17) is 16.3 Å². The number of carbonyl (C=O) groups is 2. The number of benzene rings is 3. The van der Waals surface area contributed by atoms with Gasteiger partial charge in [-0.2, -0.15) is 0 Å². The van der Waals surface area contributed by atoms with Crippen molar-refractivity contribution in [1.82, 2.24) is 0 Å². The summed E-state index contributed by atoms with van der Waals surface area (Å²) in [5.74, 6) is -0.675. The van der Waals surface area contributed by atoms with Crippen LogP contribution >= 0.6 is 27.5 Å². The number of anilines is 2. The van der Waals surface area contributed by atoms with Crippen molar-refractivity contribution in [3.05, 3.63) is 92.9 Å². The number of rotatable bonds is 5. The van der Waals surface area contributed by atoms with Crippen LogP contribution in [0.5, 0.6) is 0 Å². The van der Waals surface area contributed by atoms with Crippen LogP contribution < -0.4 is 4.90 Å². The van der Waals surface area contributed by atoms with Crippen molar-refractivity contribution in [2.45, 2.75) is 0 Å². The number of esters is 1. The maximum absolute atomic E-state index is 12.9. The van der Waals surface area contributed by atoms with E-state index in [0.717, 1.165) is 11.4 Å². The van der Waals surface area contributed by atoms with E-state index in [9.17, 15) is 9.59 Å². The topological polar surface area (TPSA) is 46.6 Å². The number of nitrogens with zero attached hydrogens (tertiary/aromatic N) is 1. The Morgan fingerprint density at radius 3 is 2.21 bits per heavy atom. The molecule has 28 heavy (non-hydrogen) atoms. The van der Waals surface area contributed by atoms with Crippen molar-refractivity contribution in [2.75, 3.05) is 19.1 Å². The Balaban J connectivity index is 1.88. The minimum absolute atomic E-state index is 0.182. The molecular weight excluding hydrogens is 442 g/mol. The van der Waals surface area contributed by atoms with Gasteiger partial charge in [-0.25, -0.2) is 4.79 Å². The molecule has 0 radical (unpaired) electrons. The largest absolute Gasteiger partial charge is 0.465 e. The van der Waals surface area contributed by atoms with E-state index >= 15 is 0 Å². The monoisotopic (exact) mass is 457 g/mol. The zero-order chi connectivity index (χ0) is 20.3. The number of para-hydroxylation sites is 1. The molecule has 0 heterocycles. The molecule has 0 spiro atoms. The predicted molar refractivity (Wildman–Crippen MR) is 115 cm³/mol. The molecule has 0 saturated carbocycles.